The van der Waals surface area contributed by atoms with Crippen LogP contribution in [0.3, 0.4) is 0 Å². The number of rotatable bonds is 0. The van der Waals surface area contributed by atoms with Gasteiger partial charge >= 0.3 is 0 Å². The van der Waals surface area contributed by atoms with E-state index in [0.29, 0.717) is 0 Å². The molecule has 0 N–H and O–H groups in total. The number of allylic oxidation sites excluding steroid dienone is 2. The van der Waals surface area contributed by atoms with Gasteiger partial charge in [0, 0.05) is 0 Å². The van der Waals surface area contributed by atoms with E-state index >= 15 is 0 Å². The van der Waals surface area contributed by atoms with Crippen LogP contribution in [0.4, 0.5) is 0 Å². The van der Waals surface area contributed by atoms with Gasteiger partial charge in [0.05, 0.1) is 0 Å². The molecule has 1 saturated carbocycles. The standard InChI is InChI=1S/C8H12/c1-2-4-8-6-5-7(8)3-1/h1,3,7-8H,2,4-6H2/t7-,8-/m1/s1. The lowest BCUT2D eigenvalue weighted by Gasteiger charge is -2.36. The van der Waals surface area contributed by atoms with Crippen molar-refractivity contribution in [2.75, 3.05) is 0 Å². The van der Waals surface area contributed by atoms with E-state index in [1.807, 2.05) is 0 Å². The highest BCUT2D eigenvalue weighted by Gasteiger charge is 2.29. The first kappa shape index (κ1) is 4.60. The van der Waals surface area contributed by atoms with Gasteiger partial charge in [-0.25, -0.2) is 0 Å². The molecule has 1 fully saturated rings. The van der Waals surface area contributed by atoms with Gasteiger partial charge in [-0.3, -0.25) is 0 Å². The molecule has 2 atom stereocenters. The molecule has 0 amide bonds. The SMILES string of the molecule is C1=C[C@@H]2CC[C@H]2CC1. The molecular weight excluding hydrogens is 96.1 g/mol. The van der Waals surface area contributed by atoms with Gasteiger partial charge in [0.1, 0.15) is 0 Å². The Morgan fingerprint density at radius 2 is 2.12 bits per heavy atom. The molecule has 0 saturated heterocycles. The molecule has 0 bridgehead atoms. The summed E-state index contributed by atoms with van der Waals surface area (Å²) in [7, 11) is 0. The van der Waals surface area contributed by atoms with Gasteiger partial charge in [-0.15, -0.1) is 0 Å². The Kier molecular flexibility index (Phi) is 0.927. The topological polar surface area (TPSA) is 0 Å². The van der Waals surface area contributed by atoms with Crippen molar-refractivity contribution < 1.29 is 0 Å². The summed E-state index contributed by atoms with van der Waals surface area (Å²) in [6.07, 6.45) is 10.6. The summed E-state index contributed by atoms with van der Waals surface area (Å²) in [6, 6.07) is 0. The smallest absolute Gasteiger partial charge is 0.0205 e. The summed E-state index contributed by atoms with van der Waals surface area (Å²) in [5.74, 6) is 2.10. The van der Waals surface area contributed by atoms with Gasteiger partial charge in [0.25, 0.3) is 0 Å². The average Bonchev–Trinajstić information content (AvgIpc) is 1.72. The van der Waals surface area contributed by atoms with E-state index in [1.165, 1.54) is 25.7 Å². The van der Waals surface area contributed by atoms with Crippen LogP contribution in [-0.4, -0.2) is 0 Å². The van der Waals surface area contributed by atoms with E-state index in [1.54, 1.807) is 0 Å². The molecule has 2 aliphatic carbocycles. The molecule has 0 aliphatic heterocycles. The zero-order chi connectivity index (χ0) is 5.40. The molecule has 0 unspecified atom stereocenters. The second kappa shape index (κ2) is 1.61. The Bertz CT molecular complexity index is 113. The molecule has 2 rings (SSSR count). The largest absolute Gasteiger partial charge is 0.0882 e. The van der Waals surface area contributed by atoms with Crippen LogP contribution in [0.2, 0.25) is 0 Å². The summed E-state index contributed by atoms with van der Waals surface area (Å²) < 4.78 is 0. The Hall–Kier alpha value is -0.260. The third-order valence-corrected chi connectivity index (χ3v) is 2.56. The first-order valence-electron chi connectivity index (χ1n) is 3.63. The van der Waals surface area contributed by atoms with Crippen molar-refractivity contribution in [3.8, 4) is 0 Å². The molecule has 0 aromatic carbocycles. The van der Waals surface area contributed by atoms with Crippen molar-refractivity contribution in [1.29, 1.82) is 0 Å². The van der Waals surface area contributed by atoms with Crippen LogP contribution >= 0.6 is 0 Å². The monoisotopic (exact) mass is 108 g/mol. The lowest BCUT2D eigenvalue weighted by Crippen LogP contribution is -2.25. The average molecular weight is 108 g/mol. The van der Waals surface area contributed by atoms with Gasteiger partial charge in [-0.05, 0) is 37.5 Å². The second-order valence-electron chi connectivity index (χ2n) is 3.01. The van der Waals surface area contributed by atoms with Crippen molar-refractivity contribution in [3.05, 3.63) is 12.2 Å². The third-order valence-electron chi connectivity index (χ3n) is 2.56. The predicted octanol–water partition coefficient (Wildman–Crippen LogP) is 2.36. The van der Waals surface area contributed by atoms with Crippen molar-refractivity contribution in [1.82, 2.24) is 0 Å². The van der Waals surface area contributed by atoms with Crippen LogP contribution in [0.1, 0.15) is 25.7 Å². The number of hydrogen-bond acceptors (Lipinski definition) is 0. The van der Waals surface area contributed by atoms with Crippen LogP contribution in [-0.2, 0) is 0 Å². The first-order valence-corrected chi connectivity index (χ1v) is 3.63. The van der Waals surface area contributed by atoms with E-state index in [4.69, 9.17) is 0 Å². The summed E-state index contributed by atoms with van der Waals surface area (Å²) in [5.41, 5.74) is 0. The fourth-order valence-electron chi connectivity index (χ4n) is 1.79. The van der Waals surface area contributed by atoms with Crippen molar-refractivity contribution in [2.45, 2.75) is 25.7 Å². The maximum atomic E-state index is 2.41. The zero-order valence-electron chi connectivity index (χ0n) is 5.14. The highest BCUT2D eigenvalue weighted by Crippen LogP contribution is 2.40. The fourth-order valence-corrected chi connectivity index (χ4v) is 1.79. The van der Waals surface area contributed by atoms with Crippen molar-refractivity contribution in [2.24, 2.45) is 11.8 Å². The van der Waals surface area contributed by atoms with Crippen LogP contribution in [0.25, 0.3) is 0 Å². The number of fused-ring (bicyclic) bond motifs is 1. The van der Waals surface area contributed by atoms with E-state index in [2.05, 4.69) is 12.2 Å². The molecule has 8 heavy (non-hydrogen) atoms. The first-order chi connectivity index (χ1) is 3.97. The van der Waals surface area contributed by atoms with Gasteiger partial charge in [-0.1, -0.05) is 12.2 Å². The summed E-state index contributed by atoms with van der Waals surface area (Å²) >= 11 is 0. The normalized spacial score (nSPS) is 43.0. The van der Waals surface area contributed by atoms with Crippen molar-refractivity contribution >= 4 is 0 Å². The van der Waals surface area contributed by atoms with E-state index < -0.39 is 0 Å². The van der Waals surface area contributed by atoms with Gasteiger partial charge in [0.2, 0.25) is 0 Å². The maximum absolute atomic E-state index is 2.41. The van der Waals surface area contributed by atoms with Crippen LogP contribution in [0.15, 0.2) is 12.2 Å². The van der Waals surface area contributed by atoms with E-state index in [-0.39, 0.29) is 0 Å². The molecule has 0 aromatic rings. The Balaban J connectivity index is 2.08. The molecular formula is C8H12. The Morgan fingerprint density at radius 1 is 1.12 bits per heavy atom. The third kappa shape index (κ3) is 0.521. The van der Waals surface area contributed by atoms with Crippen LogP contribution in [0, 0.1) is 11.8 Å². The van der Waals surface area contributed by atoms with Crippen molar-refractivity contribution in [3.63, 3.8) is 0 Å². The minimum atomic E-state index is 1.00. The zero-order valence-corrected chi connectivity index (χ0v) is 5.14. The Labute approximate surface area is 50.6 Å². The summed E-state index contributed by atoms with van der Waals surface area (Å²) in [4.78, 5) is 0. The summed E-state index contributed by atoms with van der Waals surface area (Å²) in [6.45, 7) is 0. The minimum Gasteiger partial charge on any atom is -0.0882 e. The lowest BCUT2D eigenvalue weighted by atomic mass is 9.69. The molecule has 0 spiro atoms. The van der Waals surface area contributed by atoms with Gasteiger partial charge in [0.15, 0.2) is 0 Å². The van der Waals surface area contributed by atoms with E-state index in [0.717, 1.165) is 11.8 Å². The molecule has 2 aliphatic rings. The fraction of sp³-hybridized carbons (Fsp3) is 0.750. The second-order valence-corrected chi connectivity index (χ2v) is 3.01. The molecule has 44 valence electrons. The predicted molar refractivity (Wildman–Crippen MR) is 34.6 cm³/mol. The van der Waals surface area contributed by atoms with Gasteiger partial charge < -0.3 is 0 Å². The molecule has 0 nitrogen and oxygen atoms in total. The minimum absolute atomic E-state index is 1.00. The molecule has 0 heterocycles. The maximum Gasteiger partial charge on any atom is -0.0205 e. The lowest BCUT2D eigenvalue weighted by molar-refractivity contribution is 0.203. The molecule has 0 heteroatoms. The quantitative estimate of drug-likeness (QED) is 0.418. The van der Waals surface area contributed by atoms with Gasteiger partial charge in [-0.2, -0.15) is 0 Å². The van der Waals surface area contributed by atoms with E-state index in [9.17, 15) is 0 Å². The highest BCUT2D eigenvalue weighted by molar-refractivity contribution is 5.01. The summed E-state index contributed by atoms with van der Waals surface area (Å²) in [5, 5.41) is 0. The van der Waals surface area contributed by atoms with Crippen LogP contribution in [0.5, 0.6) is 0 Å². The number of hydrogen-bond donors (Lipinski definition) is 0. The molecule has 0 aromatic heterocycles. The highest BCUT2D eigenvalue weighted by atomic mass is 14.3. The van der Waals surface area contributed by atoms with Crippen LogP contribution < -0.4 is 0 Å². The Morgan fingerprint density at radius 3 is 2.50 bits per heavy atom. The molecule has 0 radical (unpaired) electrons.